The quantitative estimate of drug-likeness (QED) is 0.775. The van der Waals surface area contributed by atoms with Gasteiger partial charge in [-0.25, -0.2) is 4.39 Å². The SMILES string of the molecule is CN(Cc1cccc(F)c1)Cc1c(O)ccc2ccccc12. The second-order valence-corrected chi connectivity index (χ2v) is 5.59. The van der Waals surface area contributed by atoms with Crippen molar-refractivity contribution >= 4 is 10.8 Å². The van der Waals surface area contributed by atoms with E-state index in [4.69, 9.17) is 0 Å². The number of phenolic OH excluding ortho intramolecular Hbond substituents is 1. The summed E-state index contributed by atoms with van der Waals surface area (Å²) in [4.78, 5) is 2.07. The molecule has 0 aliphatic carbocycles. The number of fused-ring (bicyclic) bond motifs is 1. The van der Waals surface area contributed by atoms with Crippen LogP contribution in [0.2, 0.25) is 0 Å². The van der Waals surface area contributed by atoms with Crippen molar-refractivity contribution in [1.29, 1.82) is 0 Å². The van der Waals surface area contributed by atoms with Gasteiger partial charge in [-0.3, -0.25) is 4.90 Å². The molecule has 3 heteroatoms. The van der Waals surface area contributed by atoms with Crippen molar-refractivity contribution in [3.63, 3.8) is 0 Å². The van der Waals surface area contributed by atoms with Crippen LogP contribution in [0.3, 0.4) is 0 Å². The second-order valence-electron chi connectivity index (χ2n) is 5.59. The fourth-order valence-electron chi connectivity index (χ4n) is 2.76. The highest BCUT2D eigenvalue weighted by Crippen LogP contribution is 2.28. The smallest absolute Gasteiger partial charge is 0.123 e. The number of benzene rings is 3. The Morgan fingerprint density at radius 3 is 2.59 bits per heavy atom. The monoisotopic (exact) mass is 295 g/mol. The summed E-state index contributed by atoms with van der Waals surface area (Å²) in [6.45, 7) is 1.23. The number of halogens is 1. The van der Waals surface area contributed by atoms with Crippen molar-refractivity contribution in [2.24, 2.45) is 0 Å². The molecule has 0 heterocycles. The van der Waals surface area contributed by atoms with E-state index in [0.29, 0.717) is 18.8 Å². The van der Waals surface area contributed by atoms with Crippen LogP contribution in [0, 0.1) is 5.82 Å². The number of nitrogens with zero attached hydrogens (tertiary/aromatic N) is 1. The molecule has 0 aliphatic rings. The summed E-state index contributed by atoms with van der Waals surface area (Å²) in [5.74, 6) is 0.0729. The van der Waals surface area contributed by atoms with Gasteiger partial charge in [0, 0.05) is 18.7 Å². The summed E-state index contributed by atoms with van der Waals surface area (Å²) in [5, 5.41) is 12.3. The molecule has 0 amide bonds. The van der Waals surface area contributed by atoms with Crippen molar-refractivity contribution in [1.82, 2.24) is 4.90 Å². The molecule has 0 saturated heterocycles. The van der Waals surface area contributed by atoms with E-state index >= 15 is 0 Å². The average molecular weight is 295 g/mol. The number of rotatable bonds is 4. The van der Waals surface area contributed by atoms with Gasteiger partial charge in [0.25, 0.3) is 0 Å². The van der Waals surface area contributed by atoms with Crippen molar-refractivity contribution in [2.75, 3.05) is 7.05 Å². The average Bonchev–Trinajstić information content (AvgIpc) is 2.50. The van der Waals surface area contributed by atoms with Gasteiger partial charge < -0.3 is 5.11 Å². The summed E-state index contributed by atoms with van der Waals surface area (Å²) in [6, 6.07) is 18.3. The molecule has 1 N–H and O–H groups in total. The molecule has 0 unspecified atom stereocenters. The van der Waals surface area contributed by atoms with Crippen LogP contribution < -0.4 is 0 Å². The van der Waals surface area contributed by atoms with Crippen LogP contribution >= 0.6 is 0 Å². The van der Waals surface area contributed by atoms with Crippen LogP contribution in [0.1, 0.15) is 11.1 Å². The molecule has 0 saturated carbocycles. The molecule has 2 nitrogen and oxygen atoms in total. The lowest BCUT2D eigenvalue weighted by atomic mass is 10.0. The molecule has 3 aromatic rings. The van der Waals surface area contributed by atoms with E-state index in [-0.39, 0.29) is 5.82 Å². The van der Waals surface area contributed by atoms with Crippen LogP contribution in [0.5, 0.6) is 5.75 Å². The number of phenols is 1. The Bertz CT molecular complexity index is 800. The van der Waals surface area contributed by atoms with Crippen LogP contribution in [-0.4, -0.2) is 17.1 Å². The Kier molecular flexibility index (Phi) is 4.07. The maximum Gasteiger partial charge on any atom is 0.123 e. The minimum absolute atomic E-state index is 0.223. The maximum absolute atomic E-state index is 13.3. The molecule has 0 fully saturated rings. The van der Waals surface area contributed by atoms with E-state index in [9.17, 15) is 9.50 Å². The minimum Gasteiger partial charge on any atom is -0.508 e. The lowest BCUT2D eigenvalue weighted by molar-refractivity contribution is 0.313. The highest BCUT2D eigenvalue weighted by molar-refractivity contribution is 5.87. The Hall–Kier alpha value is -2.39. The van der Waals surface area contributed by atoms with Gasteiger partial charge in [0.05, 0.1) is 0 Å². The molecule has 0 atom stereocenters. The van der Waals surface area contributed by atoms with E-state index in [1.807, 2.05) is 43.4 Å². The lowest BCUT2D eigenvalue weighted by Gasteiger charge is -2.19. The molecular formula is C19H18FNO. The normalized spacial score (nSPS) is 11.2. The fourth-order valence-corrected chi connectivity index (χ4v) is 2.76. The molecule has 0 spiro atoms. The molecule has 0 aromatic heterocycles. The zero-order valence-electron chi connectivity index (χ0n) is 12.5. The predicted octanol–water partition coefficient (Wildman–Crippen LogP) is 4.32. The van der Waals surface area contributed by atoms with Crippen LogP contribution in [0.4, 0.5) is 4.39 Å². The van der Waals surface area contributed by atoms with Gasteiger partial charge in [0.1, 0.15) is 11.6 Å². The summed E-state index contributed by atoms with van der Waals surface area (Å²) in [6.07, 6.45) is 0. The van der Waals surface area contributed by atoms with Crippen LogP contribution in [-0.2, 0) is 13.1 Å². The predicted molar refractivity (Wildman–Crippen MR) is 87.2 cm³/mol. The lowest BCUT2D eigenvalue weighted by Crippen LogP contribution is -2.17. The molecule has 22 heavy (non-hydrogen) atoms. The van der Waals surface area contributed by atoms with Gasteiger partial charge in [-0.05, 0) is 41.6 Å². The van der Waals surface area contributed by atoms with Gasteiger partial charge in [-0.2, -0.15) is 0 Å². The van der Waals surface area contributed by atoms with Crippen molar-refractivity contribution in [3.05, 3.63) is 77.6 Å². The molecule has 0 radical (unpaired) electrons. The molecule has 112 valence electrons. The molecule has 0 bridgehead atoms. The summed E-state index contributed by atoms with van der Waals surface area (Å²) < 4.78 is 13.3. The molecule has 3 rings (SSSR count). The van der Waals surface area contributed by atoms with Gasteiger partial charge in [0.2, 0.25) is 0 Å². The number of hydrogen-bond acceptors (Lipinski definition) is 2. The first-order valence-corrected chi connectivity index (χ1v) is 7.26. The van der Waals surface area contributed by atoms with Gasteiger partial charge in [0.15, 0.2) is 0 Å². The van der Waals surface area contributed by atoms with E-state index in [2.05, 4.69) is 4.90 Å². The highest BCUT2D eigenvalue weighted by atomic mass is 19.1. The van der Waals surface area contributed by atoms with Gasteiger partial charge >= 0.3 is 0 Å². The highest BCUT2D eigenvalue weighted by Gasteiger charge is 2.10. The zero-order valence-corrected chi connectivity index (χ0v) is 12.5. The zero-order chi connectivity index (χ0) is 15.5. The third-order valence-corrected chi connectivity index (χ3v) is 3.79. The van der Waals surface area contributed by atoms with Gasteiger partial charge in [-0.15, -0.1) is 0 Å². The molecule has 0 aliphatic heterocycles. The Morgan fingerprint density at radius 2 is 1.77 bits per heavy atom. The summed E-state index contributed by atoms with van der Waals surface area (Å²) in [5.41, 5.74) is 1.82. The van der Waals surface area contributed by atoms with E-state index in [0.717, 1.165) is 21.9 Å². The molecular weight excluding hydrogens is 277 g/mol. The van der Waals surface area contributed by atoms with Crippen LogP contribution in [0.25, 0.3) is 10.8 Å². The number of hydrogen-bond donors (Lipinski definition) is 1. The third kappa shape index (κ3) is 3.10. The summed E-state index contributed by atoms with van der Waals surface area (Å²) in [7, 11) is 1.96. The van der Waals surface area contributed by atoms with Crippen molar-refractivity contribution in [2.45, 2.75) is 13.1 Å². The van der Waals surface area contributed by atoms with E-state index in [1.165, 1.54) is 6.07 Å². The Balaban J connectivity index is 1.85. The van der Waals surface area contributed by atoms with Crippen LogP contribution in [0.15, 0.2) is 60.7 Å². The van der Waals surface area contributed by atoms with Gasteiger partial charge in [-0.1, -0.05) is 42.5 Å². The summed E-state index contributed by atoms with van der Waals surface area (Å²) >= 11 is 0. The minimum atomic E-state index is -0.223. The first-order chi connectivity index (χ1) is 10.6. The standard InChI is InChI=1S/C19H18FNO/c1-21(12-14-5-4-7-16(20)11-14)13-18-17-8-3-2-6-15(17)9-10-19(18)22/h2-11,22H,12-13H2,1H3. The Labute approximate surface area is 129 Å². The van der Waals surface area contributed by atoms with Crippen molar-refractivity contribution in [3.8, 4) is 5.75 Å². The second kappa shape index (κ2) is 6.16. The first kappa shape index (κ1) is 14.5. The molecule has 3 aromatic carbocycles. The first-order valence-electron chi connectivity index (χ1n) is 7.26. The number of aromatic hydroxyl groups is 1. The fraction of sp³-hybridized carbons (Fsp3) is 0.158. The topological polar surface area (TPSA) is 23.5 Å². The largest absolute Gasteiger partial charge is 0.508 e. The maximum atomic E-state index is 13.3. The van der Waals surface area contributed by atoms with E-state index in [1.54, 1.807) is 18.2 Å². The third-order valence-electron chi connectivity index (χ3n) is 3.79. The van der Waals surface area contributed by atoms with E-state index < -0.39 is 0 Å². The Morgan fingerprint density at radius 1 is 0.955 bits per heavy atom. The van der Waals surface area contributed by atoms with Crippen molar-refractivity contribution < 1.29 is 9.50 Å².